The highest BCUT2D eigenvalue weighted by molar-refractivity contribution is 5.13. The van der Waals surface area contributed by atoms with E-state index in [1.54, 1.807) is 0 Å². The van der Waals surface area contributed by atoms with Crippen molar-refractivity contribution in [2.24, 2.45) is 11.7 Å². The number of hydrogen-bond acceptors (Lipinski definition) is 3. The molecular formula is C16H26N2O. The predicted octanol–water partition coefficient (Wildman–Crippen LogP) is 2.94. The number of pyridine rings is 1. The molecule has 1 fully saturated rings. The van der Waals surface area contributed by atoms with E-state index in [0.717, 1.165) is 25.9 Å². The Bertz CT molecular complexity index is 378. The Morgan fingerprint density at radius 2 is 2.21 bits per heavy atom. The van der Waals surface area contributed by atoms with E-state index in [2.05, 4.69) is 18.8 Å². The van der Waals surface area contributed by atoms with Gasteiger partial charge in [-0.3, -0.25) is 4.98 Å². The summed E-state index contributed by atoms with van der Waals surface area (Å²) in [5, 5.41) is 0. The van der Waals surface area contributed by atoms with Crippen molar-refractivity contribution in [2.75, 3.05) is 6.61 Å². The van der Waals surface area contributed by atoms with Gasteiger partial charge in [-0.25, -0.2) is 0 Å². The summed E-state index contributed by atoms with van der Waals surface area (Å²) in [6.45, 7) is 5.13. The zero-order valence-corrected chi connectivity index (χ0v) is 12.1. The molecule has 3 unspecified atom stereocenters. The van der Waals surface area contributed by atoms with Gasteiger partial charge < -0.3 is 10.5 Å². The number of ether oxygens (including phenoxy) is 1. The average Bonchev–Trinajstić information content (AvgIpc) is 2.40. The maximum atomic E-state index is 6.52. The van der Waals surface area contributed by atoms with E-state index in [1.807, 2.05) is 24.5 Å². The lowest BCUT2D eigenvalue weighted by Crippen LogP contribution is -2.53. The van der Waals surface area contributed by atoms with Gasteiger partial charge in [-0.1, -0.05) is 19.8 Å². The van der Waals surface area contributed by atoms with Crippen molar-refractivity contribution < 1.29 is 4.74 Å². The first-order valence-electron chi connectivity index (χ1n) is 7.45. The third kappa shape index (κ3) is 3.54. The fourth-order valence-electron chi connectivity index (χ4n) is 3.36. The topological polar surface area (TPSA) is 48.1 Å². The summed E-state index contributed by atoms with van der Waals surface area (Å²) in [6.07, 6.45) is 9.25. The fraction of sp³-hybridized carbons (Fsp3) is 0.688. The summed E-state index contributed by atoms with van der Waals surface area (Å²) < 4.78 is 6.13. The quantitative estimate of drug-likeness (QED) is 0.887. The van der Waals surface area contributed by atoms with Crippen LogP contribution < -0.4 is 5.73 Å². The van der Waals surface area contributed by atoms with Gasteiger partial charge in [0.25, 0.3) is 0 Å². The first-order valence-corrected chi connectivity index (χ1v) is 7.45. The first-order chi connectivity index (χ1) is 9.16. The van der Waals surface area contributed by atoms with E-state index < -0.39 is 0 Å². The maximum absolute atomic E-state index is 6.52. The van der Waals surface area contributed by atoms with Crippen molar-refractivity contribution in [2.45, 2.75) is 57.6 Å². The zero-order valence-electron chi connectivity index (χ0n) is 12.1. The SMILES string of the molecule is CCOC1(C(N)Cc2ccncc2)CCCC(C)C1. The average molecular weight is 262 g/mol. The third-order valence-corrected chi connectivity index (χ3v) is 4.30. The molecule has 0 saturated heterocycles. The van der Waals surface area contributed by atoms with Gasteiger partial charge in [0, 0.05) is 25.0 Å². The highest BCUT2D eigenvalue weighted by atomic mass is 16.5. The van der Waals surface area contributed by atoms with E-state index in [0.29, 0.717) is 5.92 Å². The summed E-state index contributed by atoms with van der Waals surface area (Å²) in [7, 11) is 0. The molecule has 1 saturated carbocycles. The normalized spacial score (nSPS) is 29.1. The molecule has 1 aliphatic rings. The highest BCUT2D eigenvalue weighted by Gasteiger charge is 2.40. The molecule has 0 aromatic carbocycles. The molecule has 1 aromatic rings. The molecule has 1 heterocycles. The molecule has 1 aromatic heterocycles. The molecule has 0 spiro atoms. The molecular weight excluding hydrogens is 236 g/mol. The van der Waals surface area contributed by atoms with Gasteiger partial charge >= 0.3 is 0 Å². The molecule has 3 atom stereocenters. The molecule has 2 N–H and O–H groups in total. The largest absolute Gasteiger partial charge is 0.374 e. The Balaban J connectivity index is 2.09. The fourth-order valence-corrected chi connectivity index (χ4v) is 3.36. The van der Waals surface area contributed by atoms with Gasteiger partial charge in [-0.05, 0) is 49.8 Å². The minimum atomic E-state index is -0.129. The van der Waals surface area contributed by atoms with Crippen LogP contribution in [0.3, 0.4) is 0 Å². The van der Waals surface area contributed by atoms with Gasteiger partial charge in [0.15, 0.2) is 0 Å². The molecule has 0 amide bonds. The van der Waals surface area contributed by atoms with Crippen LogP contribution in [0.2, 0.25) is 0 Å². The Morgan fingerprint density at radius 3 is 2.84 bits per heavy atom. The second kappa shape index (κ2) is 6.49. The Labute approximate surface area is 116 Å². The van der Waals surface area contributed by atoms with E-state index in [-0.39, 0.29) is 11.6 Å². The van der Waals surface area contributed by atoms with Crippen molar-refractivity contribution in [3.05, 3.63) is 30.1 Å². The Kier molecular flexibility index (Phi) is 4.94. The number of nitrogens with zero attached hydrogens (tertiary/aromatic N) is 1. The molecule has 2 rings (SSSR count). The molecule has 106 valence electrons. The maximum Gasteiger partial charge on any atom is 0.0838 e. The van der Waals surface area contributed by atoms with Crippen LogP contribution in [0.15, 0.2) is 24.5 Å². The lowest BCUT2D eigenvalue weighted by atomic mass is 9.73. The van der Waals surface area contributed by atoms with Crippen molar-refractivity contribution >= 4 is 0 Å². The standard InChI is InChI=1S/C16H26N2O/c1-3-19-16(8-4-5-13(2)12-16)15(17)11-14-6-9-18-10-7-14/h6-7,9-10,13,15H,3-5,8,11-12,17H2,1-2H3. The molecule has 0 radical (unpaired) electrons. The minimum Gasteiger partial charge on any atom is -0.374 e. The monoisotopic (exact) mass is 262 g/mol. The summed E-state index contributed by atoms with van der Waals surface area (Å²) in [6, 6.07) is 4.16. The molecule has 1 aliphatic carbocycles. The van der Waals surface area contributed by atoms with Gasteiger partial charge in [-0.2, -0.15) is 0 Å². The molecule has 19 heavy (non-hydrogen) atoms. The highest BCUT2D eigenvalue weighted by Crippen LogP contribution is 2.37. The predicted molar refractivity (Wildman–Crippen MR) is 77.9 cm³/mol. The van der Waals surface area contributed by atoms with Gasteiger partial charge in [-0.15, -0.1) is 0 Å². The number of aromatic nitrogens is 1. The second-order valence-corrected chi connectivity index (χ2v) is 5.87. The lowest BCUT2D eigenvalue weighted by Gasteiger charge is -2.44. The third-order valence-electron chi connectivity index (χ3n) is 4.30. The van der Waals surface area contributed by atoms with Crippen LogP contribution in [-0.4, -0.2) is 23.2 Å². The van der Waals surface area contributed by atoms with Gasteiger partial charge in [0.2, 0.25) is 0 Å². The summed E-state index contributed by atoms with van der Waals surface area (Å²) >= 11 is 0. The molecule has 3 heteroatoms. The van der Waals surface area contributed by atoms with Crippen molar-refractivity contribution in [3.63, 3.8) is 0 Å². The summed E-state index contributed by atoms with van der Waals surface area (Å²) in [4.78, 5) is 4.06. The smallest absolute Gasteiger partial charge is 0.0838 e. The van der Waals surface area contributed by atoms with Crippen molar-refractivity contribution in [1.29, 1.82) is 0 Å². The van der Waals surface area contributed by atoms with Crippen LogP contribution in [0.25, 0.3) is 0 Å². The molecule has 0 aliphatic heterocycles. The van der Waals surface area contributed by atoms with Crippen LogP contribution in [0, 0.1) is 5.92 Å². The Hall–Kier alpha value is -0.930. The van der Waals surface area contributed by atoms with E-state index in [4.69, 9.17) is 10.5 Å². The number of rotatable bonds is 5. The van der Waals surface area contributed by atoms with Crippen molar-refractivity contribution in [1.82, 2.24) is 4.98 Å². The van der Waals surface area contributed by atoms with E-state index in [1.165, 1.54) is 18.4 Å². The van der Waals surface area contributed by atoms with Crippen LogP contribution in [0.5, 0.6) is 0 Å². The summed E-state index contributed by atoms with van der Waals surface area (Å²) in [5.74, 6) is 0.712. The van der Waals surface area contributed by atoms with Crippen LogP contribution in [0.1, 0.15) is 45.1 Å². The van der Waals surface area contributed by atoms with Crippen LogP contribution >= 0.6 is 0 Å². The van der Waals surface area contributed by atoms with Crippen LogP contribution in [0.4, 0.5) is 0 Å². The molecule has 3 nitrogen and oxygen atoms in total. The second-order valence-electron chi connectivity index (χ2n) is 5.87. The summed E-state index contributed by atoms with van der Waals surface area (Å²) in [5.41, 5.74) is 7.64. The van der Waals surface area contributed by atoms with Crippen molar-refractivity contribution in [3.8, 4) is 0 Å². The zero-order chi connectivity index (χ0) is 13.7. The van der Waals surface area contributed by atoms with E-state index in [9.17, 15) is 0 Å². The number of hydrogen-bond donors (Lipinski definition) is 1. The number of nitrogens with two attached hydrogens (primary N) is 1. The molecule has 0 bridgehead atoms. The van der Waals surface area contributed by atoms with Gasteiger partial charge in [0.05, 0.1) is 5.60 Å². The first kappa shape index (κ1) is 14.5. The van der Waals surface area contributed by atoms with Gasteiger partial charge in [0.1, 0.15) is 0 Å². The van der Waals surface area contributed by atoms with Crippen LogP contribution in [-0.2, 0) is 11.2 Å². The van der Waals surface area contributed by atoms with E-state index >= 15 is 0 Å². The lowest BCUT2D eigenvalue weighted by molar-refractivity contribution is -0.0925. The minimum absolute atomic E-state index is 0.0672. The Morgan fingerprint density at radius 1 is 1.47 bits per heavy atom.